The van der Waals surface area contributed by atoms with Gasteiger partial charge in [0.25, 0.3) is 0 Å². The van der Waals surface area contributed by atoms with Gasteiger partial charge < -0.3 is 14.8 Å². The van der Waals surface area contributed by atoms with Crippen LogP contribution in [0.1, 0.15) is 58.3 Å². The number of nitrogens with one attached hydrogen (secondary N) is 1. The summed E-state index contributed by atoms with van der Waals surface area (Å²) >= 11 is 0. The number of unbranched alkanes of at least 4 members (excludes halogenated alkanes) is 6. The molecule has 4 heteroatoms. The zero-order valence-electron chi connectivity index (χ0n) is 14.1. The molecule has 0 aliphatic heterocycles. The van der Waals surface area contributed by atoms with E-state index in [1.807, 2.05) is 6.07 Å². The Labute approximate surface area is 134 Å². The molecule has 0 spiro atoms. The van der Waals surface area contributed by atoms with E-state index in [9.17, 15) is 4.79 Å². The minimum absolute atomic E-state index is 0.0389. The molecule has 0 saturated carbocycles. The van der Waals surface area contributed by atoms with Crippen molar-refractivity contribution >= 4 is 11.6 Å². The molecule has 0 aliphatic rings. The molecule has 0 heterocycles. The summed E-state index contributed by atoms with van der Waals surface area (Å²) in [5, 5.41) is 2.90. The molecule has 0 aromatic heterocycles. The van der Waals surface area contributed by atoms with Gasteiger partial charge in [0, 0.05) is 12.5 Å². The van der Waals surface area contributed by atoms with E-state index in [1.54, 1.807) is 26.4 Å². The van der Waals surface area contributed by atoms with Gasteiger partial charge in [-0.1, -0.05) is 45.4 Å². The summed E-state index contributed by atoms with van der Waals surface area (Å²) < 4.78 is 10.4. The van der Waals surface area contributed by atoms with Crippen LogP contribution < -0.4 is 14.8 Å². The number of benzene rings is 1. The van der Waals surface area contributed by atoms with Crippen molar-refractivity contribution < 1.29 is 14.3 Å². The third kappa shape index (κ3) is 6.83. The number of hydrogen-bond acceptors (Lipinski definition) is 3. The van der Waals surface area contributed by atoms with Gasteiger partial charge in [-0.3, -0.25) is 4.79 Å². The summed E-state index contributed by atoms with van der Waals surface area (Å²) in [6, 6.07) is 5.38. The first-order chi connectivity index (χ1) is 10.7. The zero-order valence-corrected chi connectivity index (χ0v) is 14.1. The van der Waals surface area contributed by atoms with Crippen molar-refractivity contribution in [3.63, 3.8) is 0 Å². The number of hydrogen-bond donors (Lipinski definition) is 1. The Morgan fingerprint density at radius 2 is 1.68 bits per heavy atom. The molecule has 1 aromatic rings. The second-order valence-corrected chi connectivity index (χ2v) is 5.49. The van der Waals surface area contributed by atoms with Gasteiger partial charge in [0.15, 0.2) is 0 Å². The Balaban J connectivity index is 2.30. The fraction of sp³-hybridized carbons (Fsp3) is 0.611. The summed E-state index contributed by atoms with van der Waals surface area (Å²) in [5.74, 6) is 1.37. The van der Waals surface area contributed by atoms with E-state index in [0.717, 1.165) is 12.8 Å². The second kappa shape index (κ2) is 10.9. The number of carbonyl (C=O) groups excluding carboxylic acids is 1. The van der Waals surface area contributed by atoms with Crippen molar-refractivity contribution in [3.8, 4) is 11.5 Å². The number of anilines is 1. The maximum absolute atomic E-state index is 12.0. The van der Waals surface area contributed by atoms with Gasteiger partial charge in [-0.25, -0.2) is 0 Å². The van der Waals surface area contributed by atoms with Gasteiger partial charge in [0.2, 0.25) is 5.91 Å². The van der Waals surface area contributed by atoms with E-state index in [-0.39, 0.29) is 5.91 Å². The van der Waals surface area contributed by atoms with Crippen LogP contribution >= 0.6 is 0 Å². The average Bonchev–Trinajstić information content (AvgIpc) is 2.54. The van der Waals surface area contributed by atoms with Crippen molar-refractivity contribution in [1.82, 2.24) is 0 Å². The molecule has 124 valence electrons. The summed E-state index contributed by atoms with van der Waals surface area (Å²) in [4.78, 5) is 12.0. The lowest BCUT2D eigenvalue weighted by molar-refractivity contribution is -0.116. The molecule has 0 unspecified atom stereocenters. The highest BCUT2D eigenvalue weighted by Gasteiger charge is 2.08. The topological polar surface area (TPSA) is 47.6 Å². The number of ether oxygens (including phenoxy) is 2. The minimum atomic E-state index is 0.0389. The molecule has 1 rings (SSSR count). The van der Waals surface area contributed by atoms with Crippen molar-refractivity contribution in [2.45, 2.75) is 58.3 Å². The number of rotatable bonds is 11. The van der Waals surface area contributed by atoms with Crippen molar-refractivity contribution in [3.05, 3.63) is 18.2 Å². The van der Waals surface area contributed by atoms with E-state index in [2.05, 4.69) is 12.2 Å². The number of methoxy groups -OCH3 is 2. The predicted molar refractivity (Wildman–Crippen MR) is 90.8 cm³/mol. The van der Waals surface area contributed by atoms with Crippen LogP contribution in [0, 0.1) is 0 Å². The van der Waals surface area contributed by atoms with Crippen LogP contribution in [-0.4, -0.2) is 20.1 Å². The average molecular weight is 307 g/mol. The molecule has 22 heavy (non-hydrogen) atoms. The first kappa shape index (κ1) is 18.3. The van der Waals surface area contributed by atoms with Crippen LogP contribution in [0.2, 0.25) is 0 Å². The van der Waals surface area contributed by atoms with Crippen LogP contribution in [0.25, 0.3) is 0 Å². The lowest BCUT2D eigenvalue weighted by Crippen LogP contribution is -2.12. The first-order valence-corrected chi connectivity index (χ1v) is 8.23. The van der Waals surface area contributed by atoms with Gasteiger partial charge in [-0.05, 0) is 18.6 Å². The standard InChI is InChI=1S/C18H29NO3/c1-4-5-6-7-8-9-10-11-18(20)19-16-13-12-15(21-2)14-17(16)22-3/h12-14H,4-11H2,1-3H3,(H,19,20). The Kier molecular flexibility index (Phi) is 9.12. The fourth-order valence-corrected chi connectivity index (χ4v) is 2.36. The largest absolute Gasteiger partial charge is 0.497 e. The lowest BCUT2D eigenvalue weighted by atomic mass is 10.1. The lowest BCUT2D eigenvalue weighted by Gasteiger charge is -2.11. The van der Waals surface area contributed by atoms with E-state index in [4.69, 9.17) is 9.47 Å². The monoisotopic (exact) mass is 307 g/mol. The van der Waals surface area contributed by atoms with Gasteiger partial charge in [0.05, 0.1) is 19.9 Å². The highest BCUT2D eigenvalue weighted by atomic mass is 16.5. The molecule has 0 bridgehead atoms. The first-order valence-electron chi connectivity index (χ1n) is 8.23. The van der Waals surface area contributed by atoms with Crippen LogP contribution in [0.3, 0.4) is 0 Å². The van der Waals surface area contributed by atoms with Crippen molar-refractivity contribution in [1.29, 1.82) is 0 Å². The zero-order chi connectivity index (χ0) is 16.2. The van der Waals surface area contributed by atoms with E-state index < -0.39 is 0 Å². The predicted octanol–water partition coefficient (Wildman–Crippen LogP) is 4.78. The van der Waals surface area contributed by atoms with Crippen LogP contribution in [0.5, 0.6) is 11.5 Å². The minimum Gasteiger partial charge on any atom is -0.497 e. The van der Waals surface area contributed by atoms with Gasteiger partial charge in [-0.15, -0.1) is 0 Å². The molecule has 0 atom stereocenters. The molecule has 1 N–H and O–H groups in total. The molecule has 0 saturated heterocycles. The smallest absolute Gasteiger partial charge is 0.224 e. The Morgan fingerprint density at radius 1 is 1.00 bits per heavy atom. The molecule has 0 aliphatic carbocycles. The summed E-state index contributed by atoms with van der Waals surface area (Å²) in [6.45, 7) is 2.22. The Morgan fingerprint density at radius 3 is 2.32 bits per heavy atom. The highest BCUT2D eigenvalue weighted by Crippen LogP contribution is 2.29. The summed E-state index contributed by atoms with van der Waals surface area (Å²) in [5.41, 5.74) is 0.691. The van der Waals surface area contributed by atoms with Crippen LogP contribution in [0.4, 0.5) is 5.69 Å². The highest BCUT2D eigenvalue weighted by molar-refractivity contribution is 5.92. The summed E-state index contributed by atoms with van der Waals surface area (Å²) in [7, 11) is 3.19. The van der Waals surface area contributed by atoms with E-state index in [1.165, 1.54) is 32.1 Å². The van der Waals surface area contributed by atoms with Gasteiger partial charge in [0.1, 0.15) is 11.5 Å². The molecule has 0 radical (unpaired) electrons. The normalized spacial score (nSPS) is 10.3. The van der Waals surface area contributed by atoms with Crippen LogP contribution in [-0.2, 0) is 4.79 Å². The Hall–Kier alpha value is -1.71. The molecule has 0 fully saturated rings. The third-order valence-corrected chi connectivity index (χ3v) is 3.69. The van der Waals surface area contributed by atoms with Crippen LogP contribution in [0.15, 0.2) is 18.2 Å². The van der Waals surface area contributed by atoms with Crippen molar-refractivity contribution in [2.24, 2.45) is 0 Å². The number of amides is 1. The maximum Gasteiger partial charge on any atom is 0.224 e. The fourth-order valence-electron chi connectivity index (χ4n) is 2.36. The quantitative estimate of drug-likeness (QED) is 0.598. The molecular formula is C18H29NO3. The SMILES string of the molecule is CCCCCCCCCC(=O)Nc1ccc(OC)cc1OC. The van der Waals surface area contributed by atoms with Crippen molar-refractivity contribution in [2.75, 3.05) is 19.5 Å². The molecule has 1 aromatic carbocycles. The Bertz CT molecular complexity index is 446. The van der Waals surface area contributed by atoms with Gasteiger partial charge >= 0.3 is 0 Å². The second-order valence-electron chi connectivity index (χ2n) is 5.49. The number of carbonyl (C=O) groups is 1. The van der Waals surface area contributed by atoms with E-state index >= 15 is 0 Å². The molecule has 4 nitrogen and oxygen atoms in total. The molecule has 1 amide bonds. The maximum atomic E-state index is 12.0. The van der Waals surface area contributed by atoms with Gasteiger partial charge in [-0.2, -0.15) is 0 Å². The third-order valence-electron chi connectivity index (χ3n) is 3.69. The van der Waals surface area contributed by atoms with E-state index in [0.29, 0.717) is 23.6 Å². The summed E-state index contributed by atoms with van der Waals surface area (Å²) in [6.07, 6.45) is 9.02. The molecular weight excluding hydrogens is 278 g/mol.